The summed E-state index contributed by atoms with van der Waals surface area (Å²) in [6.45, 7) is 10.1. The third-order valence-corrected chi connectivity index (χ3v) is 5.93. The minimum absolute atomic E-state index is 0. The first kappa shape index (κ1) is 24.7. The molecule has 0 radical (unpaired) electrons. The van der Waals surface area contributed by atoms with Crippen LogP contribution in [0.4, 0.5) is 5.69 Å². The molecule has 1 aliphatic rings. The lowest BCUT2D eigenvalue weighted by Crippen LogP contribution is -2.47. The lowest BCUT2D eigenvalue weighted by atomic mass is 10.2. The van der Waals surface area contributed by atoms with Crippen LogP contribution in [-0.4, -0.2) is 63.8 Å². The van der Waals surface area contributed by atoms with Gasteiger partial charge in [0.25, 0.3) is 0 Å². The third kappa shape index (κ3) is 7.96. The Hall–Kier alpha value is -1.52. The Morgan fingerprint density at radius 3 is 2.50 bits per heavy atom. The van der Waals surface area contributed by atoms with Gasteiger partial charge in [-0.3, -0.25) is 4.90 Å². The zero-order valence-corrected chi connectivity index (χ0v) is 21.1. The minimum atomic E-state index is 0. The van der Waals surface area contributed by atoms with Gasteiger partial charge in [-0.1, -0.05) is 6.07 Å². The van der Waals surface area contributed by atoms with Crippen LogP contribution < -0.4 is 20.3 Å². The van der Waals surface area contributed by atoms with Gasteiger partial charge in [-0.2, -0.15) is 0 Å². The summed E-state index contributed by atoms with van der Waals surface area (Å²) in [5, 5.41) is 8.89. The lowest BCUT2D eigenvalue weighted by Gasteiger charge is -2.36. The second-order valence-electron chi connectivity index (χ2n) is 7.08. The number of hydrogen-bond acceptors (Lipinski definition) is 5. The maximum Gasteiger partial charge on any atom is 0.191 e. The van der Waals surface area contributed by atoms with Gasteiger partial charge in [-0.25, -0.2) is 4.99 Å². The fourth-order valence-corrected chi connectivity index (χ4v) is 4.06. The van der Waals surface area contributed by atoms with Gasteiger partial charge in [0, 0.05) is 49.8 Å². The van der Waals surface area contributed by atoms with Gasteiger partial charge in [0.1, 0.15) is 5.75 Å². The molecule has 30 heavy (non-hydrogen) atoms. The van der Waals surface area contributed by atoms with Crippen LogP contribution in [0.3, 0.4) is 0 Å². The van der Waals surface area contributed by atoms with E-state index in [1.54, 1.807) is 18.4 Å². The molecule has 2 aromatic rings. The van der Waals surface area contributed by atoms with Gasteiger partial charge >= 0.3 is 0 Å². The number of nitrogens with zero attached hydrogens (tertiary/aromatic N) is 3. The van der Waals surface area contributed by atoms with Crippen molar-refractivity contribution in [3.8, 4) is 5.75 Å². The summed E-state index contributed by atoms with van der Waals surface area (Å²) in [5.74, 6) is 1.82. The maximum atomic E-state index is 5.25. The van der Waals surface area contributed by atoms with Crippen molar-refractivity contribution < 1.29 is 4.74 Å². The van der Waals surface area contributed by atoms with Crippen LogP contribution in [0.15, 0.2) is 46.8 Å². The SMILES string of the molecule is CCNC(=NCc1cccs1)NCCCN1CCN(c2ccc(OC)cc2)CC1.I. The largest absolute Gasteiger partial charge is 0.497 e. The Bertz CT molecular complexity index is 730. The van der Waals surface area contributed by atoms with Crippen molar-refractivity contribution in [1.29, 1.82) is 0 Å². The van der Waals surface area contributed by atoms with Gasteiger partial charge in [-0.15, -0.1) is 35.3 Å². The molecule has 3 rings (SSSR count). The fourth-order valence-electron chi connectivity index (χ4n) is 3.43. The number of aliphatic imine (C=N–C) groups is 1. The Balaban J connectivity index is 0.00000320. The zero-order valence-electron chi connectivity index (χ0n) is 18.0. The molecule has 1 aromatic carbocycles. The molecule has 1 saturated heterocycles. The van der Waals surface area contributed by atoms with E-state index in [2.05, 4.69) is 62.0 Å². The average Bonchev–Trinajstić information content (AvgIpc) is 3.29. The predicted octanol–water partition coefficient (Wildman–Crippen LogP) is 3.64. The highest BCUT2D eigenvalue weighted by atomic mass is 127. The summed E-state index contributed by atoms with van der Waals surface area (Å²) >= 11 is 1.75. The van der Waals surface area contributed by atoms with Crippen molar-refractivity contribution in [1.82, 2.24) is 15.5 Å². The molecular weight excluding hydrogens is 509 g/mol. The van der Waals surface area contributed by atoms with Gasteiger partial charge < -0.3 is 20.3 Å². The first-order valence-electron chi connectivity index (χ1n) is 10.4. The highest BCUT2D eigenvalue weighted by Gasteiger charge is 2.16. The van der Waals surface area contributed by atoms with Gasteiger partial charge in [0.05, 0.1) is 13.7 Å². The minimum Gasteiger partial charge on any atom is -0.497 e. The van der Waals surface area contributed by atoms with Crippen LogP contribution in [0.1, 0.15) is 18.2 Å². The number of nitrogens with one attached hydrogen (secondary N) is 2. The molecule has 0 spiro atoms. The topological polar surface area (TPSA) is 52.1 Å². The summed E-state index contributed by atoms with van der Waals surface area (Å²) in [7, 11) is 1.71. The normalized spacial score (nSPS) is 14.9. The number of ether oxygens (including phenoxy) is 1. The fraction of sp³-hybridized carbons (Fsp3) is 0.500. The molecule has 1 fully saturated rings. The molecule has 2 heterocycles. The van der Waals surface area contributed by atoms with Crippen LogP contribution in [-0.2, 0) is 6.54 Å². The summed E-state index contributed by atoms with van der Waals surface area (Å²) < 4.78 is 5.25. The highest BCUT2D eigenvalue weighted by molar-refractivity contribution is 14.0. The van der Waals surface area contributed by atoms with Crippen molar-refractivity contribution in [2.75, 3.05) is 57.8 Å². The molecule has 1 aromatic heterocycles. The van der Waals surface area contributed by atoms with E-state index in [1.807, 2.05) is 12.1 Å². The average molecular weight is 544 g/mol. The van der Waals surface area contributed by atoms with Crippen molar-refractivity contribution in [2.24, 2.45) is 4.99 Å². The van der Waals surface area contributed by atoms with Crippen LogP contribution in [0.25, 0.3) is 0 Å². The van der Waals surface area contributed by atoms with Gasteiger partial charge in [0.2, 0.25) is 0 Å². The van der Waals surface area contributed by atoms with Gasteiger partial charge in [-0.05, 0) is 55.6 Å². The molecule has 0 atom stereocenters. The van der Waals surface area contributed by atoms with Crippen molar-refractivity contribution >= 4 is 47.0 Å². The van der Waals surface area contributed by atoms with E-state index >= 15 is 0 Å². The van der Waals surface area contributed by atoms with Crippen LogP contribution >= 0.6 is 35.3 Å². The third-order valence-electron chi connectivity index (χ3n) is 5.07. The van der Waals surface area contributed by atoms with E-state index < -0.39 is 0 Å². The Morgan fingerprint density at radius 1 is 1.10 bits per heavy atom. The number of guanidine groups is 1. The number of halogens is 1. The monoisotopic (exact) mass is 543 g/mol. The van der Waals surface area contributed by atoms with Crippen molar-refractivity contribution in [3.63, 3.8) is 0 Å². The Labute approximate surface area is 201 Å². The number of anilines is 1. The summed E-state index contributed by atoms with van der Waals surface area (Å²) in [4.78, 5) is 11.0. The van der Waals surface area contributed by atoms with Crippen molar-refractivity contribution in [2.45, 2.75) is 19.9 Å². The number of rotatable bonds is 9. The number of hydrogen-bond donors (Lipinski definition) is 2. The number of methoxy groups -OCH3 is 1. The summed E-state index contributed by atoms with van der Waals surface area (Å²) in [6, 6.07) is 12.6. The first-order chi connectivity index (χ1) is 14.3. The summed E-state index contributed by atoms with van der Waals surface area (Å²) in [5.41, 5.74) is 1.28. The molecule has 1 aliphatic heterocycles. The molecule has 8 heteroatoms. The Kier molecular flexibility index (Phi) is 11.3. The van der Waals surface area contributed by atoms with E-state index in [-0.39, 0.29) is 24.0 Å². The lowest BCUT2D eigenvalue weighted by molar-refractivity contribution is 0.255. The van der Waals surface area contributed by atoms with Crippen LogP contribution in [0.5, 0.6) is 5.75 Å². The number of thiophene rings is 1. The molecule has 0 amide bonds. The standard InChI is InChI=1S/C22H33N5OS.HI/c1-3-23-22(25-18-21-6-4-17-29-21)24-11-5-12-26-13-15-27(16-14-26)19-7-9-20(28-2)10-8-19;/h4,6-10,17H,3,5,11-16,18H2,1-2H3,(H2,23,24,25);1H. The van der Waals surface area contributed by atoms with E-state index in [4.69, 9.17) is 4.74 Å². The number of piperazine rings is 1. The summed E-state index contributed by atoms with van der Waals surface area (Å²) in [6.07, 6.45) is 1.12. The van der Waals surface area contributed by atoms with E-state index in [0.717, 1.165) is 70.5 Å². The molecular formula is C22H34IN5OS. The molecule has 0 saturated carbocycles. The molecule has 0 aliphatic carbocycles. The van der Waals surface area contributed by atoms with Crippen LogP contribution in [0, 0.1) is 0 Å². The quantitative estimate of drug-likeness (QED) is 0.219. The second-order valence-corrected chi connectivity index (χ2v) is 8.11. The molecule has 0 bridgehead atoms. The van der Waals surface area contributed by atoms with E-state index in [9.17, 15) is 0 Å². The maximum absolute atomic E-state index is 5.25. The van der Waals surface area contributed by atoms with Crippen molar-refractivity contribution in [3.05, 3.63) is 46.7 Å². The highest BCUT2D eigenvalue weighted by Crippen LogP contribution is 2.20. The molecule has 2 N–H and O–H groups in total. The van der Waals surface area contributed by atoms with Gasteiger partial charge in [0.15, 0.2) is 5.96 Å². The van der Waals surface area contributed by atoms with Crippen LogP contribution in [0.2, 0.25) is 0 Å². The van der Waals surface area contributed by atoms with E-state index in [0.29, 0.717) is 0 Å². The number of benzene rings is 1. The Morgan fingerprint density at radius 2 is 1.87 bits per heavy atom. The molecule has 6 nitrogen and oxygen atoms in total. The predicted molar refractivity (Wildman–Crippen MR) is 139 cm³/mol. The zero-order chi connectivity index (χ0) is 20.3. The first-order valence-corrected chi connectivity index (χ1v) is 11.3. The molecule has 0 unspecified atom stereocenters. The smallest absolute Gasteiger partial charge is 0.191 e. The molecule has 166 valence electrons. The second kappa shape index (κ2) is 13.7. The van der Waals surface area contributed by atoms with E-state index in [1.165, 1.54) is 10.6 Å².